The molecule has 0 saturated carbocycles. The number of fused-ring (bicyclic) bond motifs is 1. The molecule has 0 aliphatic rings. The van der Waals surface area contributed by atoms with Crippen LogP contribution in [0.2, 0.25) is 0 Å². The third-order valence-electron chi connectivity index (χ3n) is 5.22. The van der Waals surface area contributed by atoms with Crippen molar-refractivity contribution in [3.8, 4) is 5.75 Å². The van der Waals surface area contributed by atoms with E-state index in [1.165, 1.54) is 31.4 Å². The minimum Gasteiger partial charge on any atom is -0.487 e. The average molecular weight is 462 g/mol. The Balaban J connectivity index is 1.44. The molecule has 7 heteroatoms. The van der Waals surface area contributed by atoms with E-state index < -0.39 is 5.92 Å². The highest BCUT2D eigenvalue weighted by Crippen LogP contribution is 2.35. The van der Waals surface area contributed by atoms with Gasteiger partial charge in [0.15, 0.2) is 0 Å². The maximum absolute atomic E-state index is 14.0. The molecule has 3 rings (SSSR count). The third kappa shape index (κ3) is 6.31. The maximum atomic E-state index is 14.0. The molecule has 32 heavy (non-hydrogen) atoms. The van der Waals surface area contributed by atoms with Gasteiger partial charge in [-0.2, -0.15) is 0 Å². The highest BCUT2D eigenvalue weighted by molar-refractivity contribution is 7.99. The summed E-state index contributed by atoms with van der Waals surface area (Å²) in [5, 5.41) is 0.898. The van der Waals surface area contributed by atoms with E-state index in [1.807, 2.05) is 13.0 Å². The number of ether oxygens (including phenoxy) is 1. The molecule has 0 aliphatic carbocycles. The second kappa shape index (κ2) is 11.5. The highest BCUT2D eigenvalue weighted by atomic mass is 32.2. The minimum atomic E-state index is -2.83. The molecule has 0 saturated heterocycles. The molecule has 0 amide bonds. The van der Waals surface area contributed by atoms with E-state index in [1.54, 1.807) is 24.0 Å². The Labute approximate surface area is 191 Å². The number of benzene rings is 1. The van der Waals surface area contributed by atoms with Crippen molar-refractivity contribution in [3.05, 3.63) is 64.3 Å². The van der Waals surface area contributed by atoms with Crippen molar-refractivity contribution in [3.63, 3.8) is 0 Å². The predicted molar refractivity (Wildman–Crippen MR) is 125 cm³/mol. The number of hydrogen-bond acceptors (Lipinski definition) is 5. The fraction of sp³-hybridized carbons (Fsp3) is 0.440. The van der Waals surface area contributed by atoms with E-state index >= 15 is 0 Å². The number of aryl methyl sites for hydroxylation is 1. The normalized spacial score (nSPS) is 11.8. The van der Waals surface area contributed by atoms with Crippen LogP contribution in [0.25, 0.3) is 10.9 Å². The summed E-state index contributed by atoms with van der Waals surface area (Å²) < 4.78 is 38.9. The lowest BCUT2D eigenvalue weighted by molar-refractivity contribution is -0.00817. The van der Waals surface area contributed by atoms with E-state index in [9.17, 15) is 13.6 Å². The monoisotopic (exact) mass is 461 g/mol. The summed E-state index contributed by atoms with van der Waals surface area (Å²) >= 11 is 1.70. The SMILES string of the molecule is CCCc1cc(=O)c(OCCCCCSc2ccnc3cc(C(F)(F)CC)ccc23)co1. The first-order valence-corrected chi connectivity index (χ1v) is 12.1. The molecule has 0 atom stereocenters. The molecule has 0 unspecified atom stereocenters. The molecule has 1 aromatic carbocycles. The van der Waals surface area contributed by atoms with Gasteiger partial charge in [0.1, 0.15) is 12.0 Å². The van der Waals surface area contributed by atoms with E-state index in [0.29, 0.717) is 17.9 Å². The summed E-state index contributed by atoms with van der Waals surface area (Å²) in [5.41, 5.74) is 0.466. The number of unbranched alkanes of at least 4 members (excludes halogenated alkanes) is 2. The van der Waals surface area contributed by atoms with E-state index in [4.69, 9.17) is 9.15 Å². The number of halogens is 2. The van der Waals surface area contributed by atoms with Crippen molar-refractivity contribution in [1.29, 1.82) is 0 Å². The first-order valence-electron chi connectivity index (χ1n) is 11.1. The summed E-state index contributed by atoms with van der Waals surface area (Å²) in [4.78, 5) is 17.3. The third-order valence-corrected chi connectivity index (χ3v) is 6.38. The van der Waals surface area contributed by atoms with Crippen LogP contribution in [-0.4, -0.2) is 17.3 Å². The molecule has 172 valence electrons. The molecule has 2 aromatic heterocycles. The zero-order valence-electron chi connectivity index (χ0n) is 18.5. The number of nitrogens with zero attached hydrogens (tertiary/aromatic N) is 1. The number of hydrogen-bond donors (Lipinski definition) is 0. The second-order valence-electron chi connectivity index (χ2n) is 7.68. The van der Waals surface area contributed by atoms with Crippen molar-refractivity contribution in [2.75, 3.05) is 12.4 Å². The Hall–Kier alpha value is -2.41. The van der Waals surface area contributed by atoms with Crippen molar-refractivity contribution in [2.45, 2.75) is 63.2 Å². The molecule has 0 N–H and O–H groups in total. The summed E-state index contributed by atoms with van der Waals surface area (Å²) in [5.74, 6) is -0.990. The number of pyridine rings is 1. The smallest absolute Gasteiger partial charge is 0.273 e. The summed E-state index contributed by atoms with van der Waals surface area (Å²) in [6.07, 6.45) is 7.28. The summed E-state index contributed by atoms with van der Waals surface area (Å²) in [7, 11) is 0. The van der Waals surface area contributed by atoms with Gasteiger partial charge >= 0.3 is 0 Å². The molecule has 3 aromatic rings. The lowest BCUT2D eigenvalue weighted by Gasteiger charge is -2.15. The van der Waals surface area contributed by atoms with Crippen molar-refractivity contribution >= 4 is 22.7 Å². The van der Waals surface area contributed by atoms with Gasteiger partial charge in [0.2, 0.25) is 11.2 Å². The number of rotatable bonds is 12. The molecule has 0 bridgehead atoms. The molecule has 0 aliphatic heterocycles. The van der Waals surface area contributed by atoms with Gasteiger partial charge in [-0.1, -0.05) is 26.0 Å². The van der Waals surface area contributed by atoms with Gasteiger partial charge in [-0.15, -0.1) is 11.8 Å². The number of thioether (sulfide) groups is 1. The Bertz CT molecular complexity index is 1080. The Morgan fingerprint density at radius 3 is 2.72 bits per heavy atom. The van der Waals surface area contributed by atoms with E-state index in [-0.39, 0.29) is 23.2 Å². The van der Waals surface area contributed by atoms with Gasteiger partial charge in [-0.25, -0.2) is 8.78 Å². The Kier molecular flexibility index (Phi) is 8.67. The van der Waals surface area contributed by atoms with Gasteiger partial charge in [0.25, 0.3) is 5.92 Å². The lowest BCUT2D eigenvalue weighted by Crippen LogP contribution is -2.11. The van der Waals surface area contributed by atoms with Crippen molar-refractivity contribution in [2.24, 2.45) is 0 Å². The standard InChI is InChI=1S/C25H29F2NO3S/c1-3-8-19-16-22(29)23(17-31-19)30-13-6-5-7-14-32-24-11-12-28-21-15-18(9-10-20(21)24)25(26,27)4-2/h9-12,15-17H,3-8,13-14H2,1-2H3. The van der Waals surface area contributed by atoms with Crippen LogP contribution in [0.5, 0.6) is 5.75 Å². The van der Waals surface area contributed by atoms with Gasteiger partial charge in [0, 0.05) is 41.0 Å². The number of alkyl halides is 2. The summed E-state index contributed by atoms with van der Waals surface area (Å²) in [6, 6.07) is 8.16. The quantitative estimate of drug-likeness (QED) is 0.215. The largest absolute Gasteiger partial charge is 0.487 e. The van der Waals surface area contributed by atoms with E-state index in [0.717, 1.165) is 48.1 Å². The fourth-order valence-electron chi connectivity index (χ4n) is 3.35. The van der Waals surface area contributed by atoms with Gasteiger partial charge < -0.3 is 9.15 Å². The first-order chi connectivity index (χ1) is 15.4. The van der Waals surface area contributed by atoms with Crippen LogP contribution in [-0.2, 0) is 12.3 Å². The van der Waals surface area contributed by atoms with Gasteiger partial charge in [-0.05, 0) is 43.6 Å². The predicted octanol–water partition coefficient (Wildman–Crippen LogP) is 6.98. The lowest BCUT2D eigenvalue weighted by atomic mass is 10.0. The number of aromatic nitrogens is 1. The molecular weight excluding hydrogens is 432 g/mol. The molecular formula is C25H29F2NO3S. The first kappa shape index (κ1) is 24.2. The average Bonchev–Trinajstić information content (AvgIpc) is 2.79. The summed E-state index contributed by atoms with van der Waals surface area (Å²) in [6.45, 7) is 3.98. The van der Waals surface area contributed by atoms with Gasteiger partial charge in [0.05, 0.1) is 12.1 Å². The van der Waals surface area contributed by atoms with Crippen LogP contribution in [0.4, 0.5) is 8.78 Å². The van der Waals surface area contributed by atoms with E-state index in [2.05, 4.69) is 4.98 Å². The van der Waals surface area contributed by atoms with Crippen LogP contribution in [0.1, 0.15) is 57.3 Å². The highest BCUT2D eigenvalue weighted by Gasteiger charge is 2.29. The molecule has 0 radical (unpaired) electrons. The van der Waals surface area contributed by atoms with Crippen LogP contribution in [0, 0.1) is 0 Å². The molecule has 4 nitrogen and oxygen atoms in total. The fourth-order valence-corrected chi connectivity index (χ4v) is 4.40. The molecule has 0 spiro atoms. The van der Waals surface area contributed by atoms with Gasteiger partial charge in [-0.3, -0.25) is 9.78 Å². The zero-order chi connectivity index (χ0) is 23.0. The maximum Gasteiger partial charge on any atom is 0.273 e. The Morgan fingerprint density at radius 1 is 1.12 bits per heavy atom. The van der Waals surface area contributed by atoms with Crippen molar-refractivity contribution < 1.29 is 17.9 Å². The van der Waals surface area contributed by atoms with Crippen LogP contribution in [0.15, 0.2) is 56.9 Å². The minimum absolute atomic E-state index is 0.0104. The molecule has 2 heterocycles. The topological polar surface area (TPSA) is 52.3 Å². The second-order valence-corrected chi connectivity index (χ2v) is 8.82. The zero-order valence-corrected chi connectivity index (χ0v) is 19.4. The Morgan fingerprint density at radius 2 is 1.97 bits per heavy atom. The van der Waals surface area contributed by atoms with Crippen LogP contribution >= 0.6 is 11.8 Å². The molecule has 0 fully saturated rings. The van der Waals surface area contributed by atoms with Crippen LogP contribution < -0.4 is 10.2 Å². The van der Waals surface area contributed by atoms with Crippen LogP contribution in [0.3, 0.4) is 0 Å². The van der Waals surface area contributed by atoms with Crippen molar-refractivity contribution in [1.82, 2.24) is 4.98 Å².